The predicted molar refractivity (Wildman–Crippen MR) is 90.0 cm³/mol. The molecule has 0 aliphatic carbocycles. The maximum absolute atomic E-state index is 3.96. The smallest absolute Gasteiger partial charge is 0.209 e. The van der Waals surface area contributed by atoms with E-state index in [0.717, 1.165) is 37.1 Å². The normalized spacial score (nSPS) is 10.9. The molecule has 120 valence electrons. The van der Waals surface area contributed by atoms with Crippen LogP contribution in [-0.4, -0.2) is 45.6 Å². The first kappa shape index (κ1) is 16.8. The number of aromatic nitrogens is 4. The van der Waals surface area contributed by atoms with Gasteiger partial charge in [0, 0.05) is 31.4 Å². The number of quaternary nitrogens is 1. The van der Waals surface area contributed by atoms with Crippen molar-refractivity contribution in [3.63, 3.8) is 0 Å². The van der Waals surface area contributed by atoms with E-state index in [1.807, 2.05) is 7.05 Å². The molecule has 2 rings (SSSR count). The highest BCUT2D eigenvalue weighted by molar-refractivity contribution is 7.99. The molecule has 0 aliphatic rings. The first-order valence-corrected chi connectivity index (χ1v) is 8.73. The van der Waals surface area contributed by atoms with E-state index >= 15 is 0 Å². The predicted octanol–water partition coefficient (Wildman–Crippen LogP) is 0.912. The minimum atomic E-state index is 0.872. The van der Waals surface area contributed by atoms with Gasteiger partial charge in [-0.2, -0.15) is 0 Å². The number of hydrogen-bond donors (Lipinski definition) is 1. The second-order valence-electron chi connectivity index (χ2n) is 5.05. The van der Waals surface area contributed by atoms with Gasteiger partial charge in [0.2, 0.25) is 5.16 Å². The van der Waals surface area contributed by atoms with E-state index in [0.29, 0.717) is 0 Å². The van der Waals surface area contributed by atoms with E-state index in [2.05, 4.69) is 63.9 Å². The summed E-state index contributed by atoms with van der Waals surface area (Å²) in [6.45, 7) is 8.54. The summed E-state index contributed by atoms with van der Waals surface area (Å²) in [5, 5.41) is 14.6. The van der Waals surface area contributed by atoms with Crippen molar-refractivity contribution in [1.82, 2.24) is 20.2 Å². The van der Waals surface area contributed by atoms with Gasteiger partial charge in [-0.25, -0.2) is 4.68 Å². The topological polar surface area (TPSA) is 63.5 Å². The molecule has 0 saturated heterocycles. The fraction of sp³-hybridized carbons (Fsp3) is 0.533. The van der Waals surface area contributed by atoms with Crippen molar-refractivity contribution in [2.45, 2.75) is 25.5 Å². The van der Waals surface area contributed by atoms with Crippen LogP contribution in [0.3, 0.4) is 0 Å². The number of rotatable bonds is 9. The summed E-state index contributed by atoms with van der Waals surface area (Å²) in [6, 6.07) is 8.89. The molecule has 6 nitrogen and oxygen atoms in total. The Labute approximate surface area is 136 Å². The fourth-order valence-electron chi connectivity index (χ4n) is 2.28. The summed E-state index contributed by atoms with van der Waals surface area (Å²) >= 11 is 1.69. The molecule has 0 unspecified atom stereocenters. The zero-order valence-corrected chi connectivity index (χ0v) is 14.4. The summed E-state index contributed by atoms with van der Waals surface area (Å²) in [5.74, 6) is 1.01. The van der Waals surface area contributed by atoms with E-state index < -0.39 is 0 Å². The van der Waals surface area contributed by atoms with Crippen LogP contribution in [-0.2, 0) is 13.6 Å². The molecule has 22 heavy (non-hydrogen) atoms. The Morgan fingerprint density at radius 2 is 1.91 bits per heavy atom. The molecule has 7 heteroatoms. The third-order valence-electron chi connectivity index (χ3n) is 3.58. The summed E-state index contributed by atoms with van der Waals surface area (Å²) in [4.78, 5) is 2.36. The standard InChI is InChI=1S/C15H24N6S/c1-4-21(5-2)14-8-6-13(7-9-14)12-16-10-11-22-15-17-18-19-20(15)3/h6-9,16H,4-5,10-12H2,1-3H3/p+1. The summed E-state index contributed by atoms with van der Waals surface area (Å²) in [7, 11) is 1.86. The molecule has 0 atom stereocenters. The molecule has 2 aromatic rings. The number of hydrogen-bond acceptors (Lipinski definition) is 5. The van der Waals surface area contributed by atoms with Crippen LogP contribution in [0.1, 0.15) is 19.4 Å². The molecule has 2 N–H and O–H groups in total. The number of benzene rings is 1. The van der Waals surface area contributed by atoms with Crippen molar-refractivity contribution in [3.05, 3.63) is 29.8 Å². The van der Waals surface area contributed by atoms with Gasteiger partial charge in [-0.1, -0.05) is 23.9 Å². The van der Waals surface area contributed by atoms with Gasteiger partial charge in [0.25, 0.3) is 0 Å². The first-order chi connectivity index (χ1) is 10.7. The van der Waals surface area contributed by atoms with E-state index in [9.17, 15) is 0 Å². The lowest BCUT2D eigenvalue weighted by molar-refractivity contribution is -0.666. The van der Waals surface area contributed by atoms with Crippen LogP contribution in [0.25, 0.3) is 0 Å². The summed E-state index contributed by atoms with van der Waals surface area (Å²) < 4.78 is 1.70. The number of thioether (sulfide) groups is 1. The van der Waals surface area contributed by atoms with Crippen molar-refractivity contribution in [2.24, 2.45) is 7.05 Å². The highest BCUT2D eigenvalue weighted by Gasteiger charge is 2.04. The quantitative estimate of drug-likeness (QED) is 0.549. The highest BCUT2D eigenvalue weighted by Crippen LogP contribution is 2.14. The van der Waals surface area contributed by atoms with Crippen LogP contribution < -0.4 is 10.2 Å². The summed E-state index contributed by atoms with van der Waals surface area (Å²) in [5.41, 5.74) is 2.67. The molecule has 0 spiro atoms. The van der Waals surface area contributed by atoms with Crippen LogP contribution in [0.5, 0.6) is 0 Å². The van der Waals surface area contributed by atoms with Gasteiger partial charge >= 0.3 is 0 Å². The SMILES string of the molecule is CCN(CC)c1ccc(C[NH2+]CCSc2nnnn2C)cc1. The monoisotopic (exact) mass is 321 g/mol. The van der Waals surface area contributed by atoms with Gasteiger partial charge in [0.15, 0.2) is 0 Å². The maximum Gasteiger partial charge on any atom is 0.209 e. The van der Waals surface area contributed by atoms with Crippen molar-refractivity contribution in [2.75, 3.05) is 30.3 Å². The third kappa shape index (κ3) is 4.71. The molecule has 0 saturated carbocycles. The molecule has 1 aromatic heterocycles. The van der Waals surface area contributed by atoms with Crippen molar-refractivity contribution in [1.29, 1.82) is 0 Å². The maximum atomic E-state index is 3.96. The van der Waals surface area contributed by atoms with E-state index in [4.69, 9.17) is 0 Å². The number of aryl methyl sites for hydroxylation is 1. The molecular weight excluding hydrogens is 296 g/mol. The average molecular weight is 321 g/mol. The van der Waals surface area contributed by atoms with Crippen LogP contribution in [0, 0.1) is 0 Å². The Balaban J connectivity index is 1.70. The zero-order chi connectivity index (χ0) is 15.8. The van der Waals surface area contributed by atoms with Gasteiger partial charge in [0.05, 0.1) is 12.3 Å². The van der Waals surface area contributed by atoms with Crippen molar-refractivity contribution in [3.8, 4) is 0 Å². The Hall–Kier alpha value is -1.60. The fourth-order valence-corrected chi connectivity index (χ4v) is 3.06. The Kier molecular flexibility index (Phi) is 6.67. The zero-order valence-electron chi connectivity index (χ0n) is 13.6. The van der Waals surface area contributed by atoms with Gasteiger partial charge < -0.3 is 10.2 Å². The number of nitrogens with two attached hydrogens (primary N) is 1. The van der Waals surface area contributed by atoms with Crippen molar-refractivity contribution >= 4 is 17.4 Å². The average Bonchev–Trinajstić information content (AvgIpc) is 2.95. The Morgan fingerprint density at radius 3 is 2.50 bits per heavy atom. The highest BCUT2D eigenvalue weighted by atomic mass is 32.2. The molecule has 0 fully saturated rings. The van der Waals surface area contributed by atoms with E-state index in [1.54, 1.807) is 16.4 Å². The van der Waals surface area contributed by atoms with Crippen LogP contribution >= 0.6 is 11.8 Å². The minimum Gasteiger partial charge on any atom is -0.372 e. The molecule has 0 bridgehead atoms. The molecule has 0 radical (unpaired) electrons. The van der Waals surface area contributed by atoms with Gasteiger partial charge in [-0.3, -0.25) is 0 Å². The van der Waals surface area contributed by atoms with Gasteiger partial charge in [-0.05, 0) is 36.4 Å². The van der Waals surface area contributed by atoms with E-state index in [-0.39, 0.29) is 0 Å². The minimum absolute atomic E-state index is 0.872. The number of nitrogens with zero attached hydrogens (tertiary/aromatic N) is 5. The largest absolute Gasteiger partial charge is 0.372 e. The molecule has 0 aliphatic heterocycles. The molecule has 0 amide bonds. The second-order valence-corrected chi connectivity index (χ2v) is 6.12. The Bertz CT molecular complexity index is 549. The van der Waals surface area contributed by atoms with E-state index in [1.165, 1.54) is 11.3 Å². The second kappa shape index (κ2) is 8.75. The lowest BCUT2D eigenvalue weighted by atomic mass is 10.2. The molecular formula is C15H25N6S+. The Morgan fingerprint density at radius 1 is 1.18 bits per heavy atom. The van der Waals surface area contributed by atoms with Gasteiger partial charge in [0.1, 0.15) is 6.54 Å². The van der Waals surface area contributed by atoms with Crippen molar-refractivity contribution < 1.29 is 5.32 Å². The number of anilines is 1. The molecule has 1 heterocycles. The lowest BCUT2D eigenvalue weighted by Gasteiger charge is -2.20. The van der Waals surface area contributed by atoms with Crippen LogP contribution in [0.4, 0.5) is 5.69 Å². The number of tetrazole rings is 1. The third-order valence-corrected chi connectivity index (χ3v) is 4.62. The lowest BCUT2D eigenvalue weighted by Crippen LogP contribution is -2.83. The summed E-state index contributed by atoms with van der Waals surface area (Å²) in [6.07, 6.45) is 0. The molecule has 1 aromatic carbocycles. The van der Waals surface area contributed by atoms with Crippen LogP contribution in [0.15, 0.2) is 29.4 Å². The van der Waals surface area contributed by atoms with Crippen LogP contribution in [0.2, 0.25) is 0 Å². The van der Waals surface area contributed by atoms with Gasteiger partial charge in [-0.15, -0.1) is 5.10 Å². The first-order valence-electron chi connectivity index (χ1n) is 7.75.